The summed E-state index contributed by atoms with van der Waals surface area (Å²) in [6.45, 7) is 12.2. The standard InChI is InChI=1S/C13H24/c1-5-9-13(10-6-2,11-7-3)12-8-4/h5-6H,1-2,7-12H2,3-4H3. The first kappa shape index (κ1) is 12.5. The van der Waals surface area contributed by atoms with Crippen LogP contribution in [0.1, 0.15) is 52.4 Å². The molecule has 0 atom stereocenters. The van der Waals surface area contributed by atoms with E-state index in [1.54, 1.807) is 0 Å². The van der Waals surface area contributed by atoms with Gasteiger partial charge in [-0.1, -0.05) is 38.8 Å². The van der Waals surface area contributed by atoms with Crippen molar-refractivity contribution < 1.29 is 0 Å². The third-order valence-electron chi connectivity index (χ3n) is 2.72. The van der Waals surface area contributed by atoms with E-state index in [1.807, 2.05) is 0 Å². The Hall–Kier alpha value is -0.520. The van der Waals surface area contributed by atoms with Crippen molar-refractivity contribution in [3.63, 3.8) is 0 Å². The Kier molecular flexibility index (Phi) is 6.66. The van der Waals surface area contributed by atoms with Crippen LogP contribution in [0.5, 0.6) is 0 Å². The Balaban J connectivity index is 4.35. The Morgan fingerprint density at radius 1 is 0.923 bits per heavy atom. The molecule has 0 rings (SSSR count). The highest BCUT2D eigenvalue weighted by Gasteiger charge is 2.24. The first-order valence-corrected chi connectivity index (χ1v) is 5.46. The van der Waals surface area contributed by atoms with E-state index in [1.165, 1.54) is 25.7 Å². The maximum atomic E-state index is 3.86. The minimum atomic E-state index is 0.465. The predicted molar refractivity (Wildman–Crippen MR) is 61.9 cm³/mol. The van der Waals surface area contributed by atoms with E-state index in [0.29, 0.717) is 5.41 Å². The summed E-state index contributed by atoms with van der Waals surface area (Å²) in [4.78, 5) is 0. The molecule has 0 aromatic rings. The fraction of sp³-hybridized carbons (Fsp3) is 0.692. The minimum absolute atomic E-state index is 0.465. The summed E-state index contributed by atoms with van der Waals surface area (Å²) in [6, 6.07) is 0. The average molecular weight is 180 g/mol. The van der Waals surface area contributed by atoms with Crippen molar-refractivity contribution in [2.75, 3.05) is 0 Å². The lowest BCUT2D eigenvalue weighted by atomic mass is 9.74. The second-order valence-corrected chi connectivity index (χ2v) is 3.99. The number of rotatable bonds is 8. The summed E-state index contributed by atoms with van der Waals surface area (Å²) in [5.74, 6) is 0. The van der Waals surface area contributed by atoms with E-state index >= 15 is 0 Å². The summed E-state index contributed by atoms with van der Waals surface area (Å²) < 4.78 is 0. The molecule has 0 saturated heterocycles. The van der Waals surface area contributed by atoms with Crippen molar-refractivity contribution in [1.29, 1.82) is 0 Å². The molecule has 0 aromatic carbocycles. The second kappa shape index (κ2) is 6.94. The van der Waals surface area contributed by atoms with Crippen molar-refractivity contribution in [3.05, 3.63) is 25.3 Å². The molecule has 0 aliphatic carbocycles. The molecule has 13 heavy (non-hydrogen) atoms. The summed E-state index contributed by atoms with van der Waals surface area (Å²) >= 11 is 0. The van der Waals surface area contributed by atoms with E-state index < -0.39 is 0 Å². The van der Waals surface area contributed by atoms with E-state index in [2.05, 4.69) is 39.2 Å². The molecule has 0 heteroatoms. The molecule has 0 nitrogen and oxygen atoms in total. The largest absolute Gasteiger partial charge is 0.103 e. The van der Waals surface area contributed by atoms with Crippen LogP contribution in [0.4, 0.5) is 0 Å². The molecule has 0 N–H and O–H groups in total. The minimum Gasteiger partial charge on any atom is -0.103 e. The van der Waals surface area contributed by atoms with Crippen LogP contribution in [0, 0.1) is 5.41 Å². The summed E-state index contributed by atoms with van der Waals surface area (Å²) in [7, 11) is 0. The quantitative estimate of drug-likeness (QED) is 0.474. The Labute approximate surface area is 83.7 Å². The highest BCUT2D eigenvalue weighted by molar-refractivity contribution is 4.91. The maximum Gasteiger partial charge on any atom is -0.0229 e. The lowest BCUT2D eigenvalue weighted by molar-refractivity contribution is 0.240. The van der Waals surface area contributed by atoms with Gasteiger partial charge in [0.1, 0.15) is 0 Å². The predicted octanol–water partition coefficient (Wildman–Crippen LogP) is 4.73. The van der Waals surface area contributed by atoms with Gasteiger partial charge >= 0.3 is 0 Å². The highest BCUT2D eigenvalue weighted by atomic mass is 14.3. The summed E-state index contributed by atoms with van der Waals surface area (Å²) in [5.41, 5.74) is 0.465. The van der Waals surface area contributed by atoms with Crippen LogP contribution >= 0.6 is 0 Å². The molecule has 0 amide bonds. The van der Waals surface area contributed by atoms with Crippen LogP contribution in [-0.2, 0) is 0 Å². The van der Waals surface area contributed by atoms with E-state index in [-0.39, 0.29) is 0 Å². The van der Waals surface area contributed by atoms with Crippen molar-refractivity contribution in [3.8, 4) is 0 Å². The number of hydrogen-bond donors (Lipinski definition) is 0. The molecular formula is C13H24. The molecule has 76 valence electrons. The third-order valence-corrected chi connectivity index (χ3v) is 2.72. The fourth-order valence-corrected chi connectivity index (χ4v) is 2.29. The topological polar surface area (TPSA) is 0 Å². The van der Waals surface area contributed by atoms with Gasteiger partial charge in [0.25, 0.3) is 0 Å². The SMILES string of the molecule is C=CCC(CC=C)(CCC)CCC. The molecule has 0 aromatic heterocycles. The van der Waals surface area contributed by atoms with Crippen LogP contribution in [0.15, 0.2) is 25.3 Å². The Morgan fingerprint density at radius 3 is 1.54 bits per heavy atom. The normalized spacial score (nSPS) is 11.2. The monoisotopic (exact) mass is 180 g/mol. The van der Waals surface area contributed by atoms with Gasteiger partial charge < -0.3 is 0 Å². The molecule has 0 unspecified atom stereocenters. The Morgan fingerprint density at radius 2 is 1.31 bits per heavy atom. The number of hydrogen-bond acceptors (Lipinski definition) is 0. The van der Waals surface area contributed by atoms with E-state index in [0.717, 1.165) is 12.8 Å². The fourth-order valence-electron chi connectivity index (χ4n) is 2.29. The van der Waals surface area contributed by atoms with Gasteiger partial charge in [-0.2, -0.15) is 0 Å². The molecule has 0 bridgehead atoms. The lowest BCUT2D eigenvalue weighted by Crippen LogP contribution is -2.18. The van der Waals surface area contributed by atoms with E-state index in [4.69, 9.17) is 0 Å². The smallest absolute Gasteiger partial charge is 0.0229 e. The Bertz CT molecular complexity index is 126. The molecule has 0 heterocycles. The zero-order valence-electron chi connectivity index (χ0n) is 9.31. The maximum absolute atomic E-state index is 3.86. The van der Waals surface area contributed by atoms with Gasteiger partial charge in [-0.3, -0.25) is 0 Å². The van der Waals surface area contributed by atoms with Gasteiger partial charge in [-0.05, 0) is 31.1 Å². The first-order chi connectivity index (χ1) is 6.24. The van der Waals surface area contributed by atoms with Gasteiger partial charge in [0.15, 0.2) is 0 Å². The van der Waals surface area contributed by atoms with Gasteiger partial charge in [0.05, 0.1) is 0 Å². The van der Waals surface area contributed by atoms with Crippen LogP contribution in [0.3, 0.4) is 0 Å². The van der Waals surface area contributed by atoms with Crippen molar-refractivity contribution in [2.24, 2.45) is 5.41 Å². The highest BCUT2D eigenvalue weighted by Crippen LogP contribution is 2.37. The van der Waals surface area contributed by atoms with Crippen molar-refractivity contribution in [1.82, 2.24) is 0 Å². The zero-order valence-corrected chi connectivity index (χ0v) is 9.31. The average Bonchev–Trinajstić information content (AvgIpc) is 2.06. The first-order valence-electron chi connectivity index (χ1n) is 5.46. The van der Waals surface area contributed by atoms with Crippen molar-refractivity contribution in [2.45, 2.75) is 52.4 Å². The molecular weight excluding hydrogens is 156 g/mol. The van der Waals surface area contributed by atoms with Crippen molar-refractivity contribution >= 4 is 0 Å². The molecule has 0 aliphatic heterocycles. The second-order valence-electron chi connectivity index (χ2n) is 3.99. The third kappa shape index (κ3) is 4.31. The molecule has 0 aliphatic rings. The summed E-state index contributed by atoms with van der Waals surface area (Å²) in [6.07, 6.45) is 11.5. The number of allylic oxidation sites excluding steroid dienone is 2. The van der Waals surface area contributed by atoms with Crippen LogP contribution in [0.25, 0.3) is 0 Å². The van der Waals surface area contributed by atoms with Gasteiger partial charge in [-0.25, -0.2) is 0 Å². The zero-order chi connectivity index (χ0) is 10.2. The van der Waals surface area contributed by atoms with Gasteiger partial charge in [0, 0.05) is 0 Å². The summed E-state index contributed by atoms with van der Waals surface area (Å²) in [5, 5.41) is 0. The van der Waals surface area contributed by atoms with Crippen LogP contribution in [-0.4, -0.2) is 0 Å². The van der Waals surface area contributed by atoms with Crippen LogP contribution < -0.4 is 0 Å². The molecule has 0 radical (unpaired) electrons. The van der Waals surface area contributed by atoms with Gasteiger partial charge in [-0.15, -0.1) is 13.2 Å². The molecule has 0 spiro atoms. The van der Waals surface area contributed by atoms with Crippen LogP contribution in [0.2, 0.25) is 0 Å². The van der Waals surface area contributed by atoms with E-state index in [9.17, 15) is 0 Å². The van der Waals surface area contributed by atoms with Gasteiger partial charge in [0.2, 0.25) is 0 Å². The molecule has 0 saturated carbocycles. The lowest BCUT2D eigenvalue weighted by Gasteiger charge is -2.31. The molecule has 0 fully saturated rings.